The van der Waals surface area contributed by atoms with Gasteiger partial charge in [-0.15, -0.1) is 0 Å². The molecule has 0 aromatic heterocycles. The summed E-state index contributed by atoms with van der Waals surface area (Å²) in [6.45, 7) is 0.914. The van der Waals surface area contributed by atoms with Crippen LogP contribution in [0.4, 0.5) is 0 Å². The Morgan fingerprint density at radius 1 is 1.42 bits per heavy atom. The molecule has 72 valence electrons. The van der Waals surface area contributed by atoms with Gasteiger partial charge in [0.15, 0.2) is 5.11 Å². The van der Waals surface area contributed by atoms with Gasteiger partial charge in [-0.05, 0) is 37.1 Å². The summed E-state index contributed by atoms with van der Waals surface area (Å²) in [7, 11) is 0. The van der Waals surface area contributed by atoms with E-state index in [0.717, 1.165) is 13.0 Å². The van der Waals surface area contributed by atoms with Gasteiger partial charge in [0.05, 0.1) is 0 Å². The molecule has 0 saturated carbocycles. The predicted molar refractivity (Wildman–Crippen MR) is 60.2 cm³/mol. The highest BCUT2D eigenvalue weighted by atomic mass is 32.2. The van der Waals surface area contributed by atoms with Crippen LogP contribution in [0.5, 0.6) is 0 Å². The van der Waals surface area contributed by atoms with E-state index in [2.05, 4.69) is 17.0 Å². The minimum absolute atomic E-state index is 0.528. The van der Waals surface area contributed by atoms with Crippen LogP contribution < -0.4 is 16.6 Å². The summed E-state index contributed by atoms with van der Waals surface area (Å²) in [5.74, 6) is 6.33. The zero-order valence-corrected chi connectivity index (χ0v) is 9.06. The average Bonchev–Trinajstić information content (AvgIpc) is 2.10. The lowest BCUT2D eigenvalue weighted by molar-refractivity contribution is 0.694. The van der Waals surface area contributed by atoms with E-state index < -0.39 is 0 Å². The number of hydrogen-bond donors (Lipinski definition) is 3. The van der Waals surface area contributed by atoms with Gasteiger partial charge in [0.2, 0.25) is 0 Å². The number of thioether (sulfide) groups is 1. The summed E-state index contributed by atoms with van der Waals surface area (Å²) < 4.78 is 0. The second-order valence-corrected chi connectivity index (χ2v) is 3.85. The molecule has 0 aromatic carbocycles. The lowest BCUT2D eigenvalue weighted by Gasteiger charge is -2.05. The van der Waals surface area contributed by atoms with Crippen molar-refractivity contribution in [3.05, 3.63) is 0 Å². The zero-order valence-electron chi connectivity index (χ0n) is 7.43. The molecule has 0 rings (SSSR count). The molecule has 0 radical (unpaired) electrons. The van der Waals surface area contributed by atoms with E-state index in [0.29, 0.717) is 5.11 Å². The third-order valence-corrected chi connectivity index (χ3v) is 2.40. The number of nitrogens with one attached hydrogen (secondary N) is 2. The molecule has 0 bridgehead atoms. The van der Waals surface area contributed by atoms with Gasteiger partial charge in [-0.1, -0.05) is 6.42 Å². The fourth-order valence-electron chi connectivity index (χ4n) is 0.801. The highest BCUT2D eigenvalue weighted by molar-refractivity contribution is 7.98. The first-order chi connectivity index (χ1) is 5.81. The van der Waals surface area contributed by atoms with Crippen LogP contribution >= 0.6 is 24.0 Å². The van der Waals surface area contributed by atoms with Crippen LogP contribution in [0.2, 0.25) is 0 Å². The number of rotatable bonds is 6. The van der Waals surface area contributed by atoms with Crippen molar-refractivity contribution in [3.63, 3.8) is 0 Å². The molecule has 5 heteroatoms. The SMILES string of the molecule is CSCCCCCNC(=S)NN. The van der Waals surface area contributed by atoms with Gasteiger partial charge >= 0.3 is 0 Å². The molecule has 0 aliphatic rings. The maximum atomic E-state index is 5.08. The van der Waals surface area contributed by atoms with E-state index in [1.165, 1.54) is 18.6 Å². The summed E-state index contributed by atoms with van der Waals surface area (Å²) in [5, 5.41) is 3.53. The Kier molecular flexibility index (Phi) is 9.09. The van der Waals surface area contributed by atoms with E-state index in [-0.39, 0.29) is 0 Å². The third kappa shape index (κ3) is 8.10. The van der Waals surface area contributed by atoms with Gasteiger partial charge in [0.1, 0.15) is 0 Å². The molecule has 12 heavy (non-hydrogen) atoms. The van der Waals surface area contributed by atoms with Crippen LogP contribution in [-0.2, 0) is 0 Å². The predicted octanol–water partition coefficient (Wildman–Crippen LogP) is 0.857. The van der Waals surface area contributed by atoms with Gasteiger partial charge in [0, 0.05) is 6.54 Å². The van der Waals surface area contributed by atoms with Crippen LogP contribution in [0.3, 0.4) is 0 Å². The van der Waals surface area contributed by atoms with Crippen molar-refractivity contribution < 1.29 is 0 Å². The second kappa shape index (κ2) is 9.09. The largest absolute Gasteiger partial charge is 0.362 e. The zero-order chi connectivity index (χ0) is 9.23. The van der Waals surface area contributed by atoms with Crippen molar-refractivity contribution in [3.8, 4) is 0 Å². The Balaban J connectivity index is 2.95. The van der Waals surface area contributed by atoms with Crippen molar-refractivity contribution >= 4 is 29.1 Å². The van der Waals surface area contributed by atoms with E-state index in [1.807, 2.05) is 11.8 Å². The molecule has 0 aliphatic carbocycles. The monoisotopic (exact) mass is 207 g/mol. The number of thiocarbonyl (C=S) groups is 1. The smallest absolute Gasteiger partial charge is 0.180 e. The summed E-state index contributed by atoms with van der Waals surface area (Å²) in [6, 6.07) is 0. The number of unbranched alkanes of at least 4 members (excludes halogenated alkanes) is 2. The van der Waals surface area contributed by atoms with Gasteiger partial charge < -0.3 is 10.7 Å². The highest BCUT2D eigenvalue weighted by Gasteiger charge is 1.91. The molecule has 0 saturated heterocycles. The maximum Gasteiger partial charge on any atom is 0.180 e. The second-order valence-electron chi connectivity index (χ2n) is 2.45. The molecule has 3 nitrogen and oxygen atoms in total. The highest BCUT2D eigenvalue weighted by Crippen LogP contribution is 2.00. The summed E-state index contributed by atoms with van der Waals surface area (Å²) in [6.07, 6.45) is 5.82. The van der Waals surface area contributed by atoms with E-state index in [4.69, 9.17) is 18.1 Å². The van der Waals surface area contributed by atoms with Crippen LogP contribution in [0.25, 0.3) is 0 Å². The minimum Gasteiger partial charge on any atom is -0.362 e. The lowest BCUT2D eigenvalue weighted by Crippen LogP contribution is -2.39. The lowest BCUT2D eigenvalue weighted by atomic mass is 10.2. The molecule has 0 aromatic rings. The average molecular weight is 207 g/mol. The van der Waals surface area contributed by atoms with Crippen LogP contribution in [0, 0.1) is 0 Å². The van der Waals surface area contributed by atoms with Gasteiger partial charge in [-0.25, -0.2) is 5.84 Å². The number of hydrogen-bond acceptors (Lipinski definition) is 3. The first-order valence-corrected chi connectivity index (χ1v) is 5.85. The first kappa shape index (κ1) is 12.0. The van der Waals surface area contributed by atoms with Crippen molar-refractivity contribution in [2.45, 2.75) is 19.3 Å². The number of nitrogens with two attached hydrogens (primary N) is 1. The third-order valence-electron chi connectivity index (χ3n) is 1.44. The molecule has 0 spiro atoms. The fraction of sp³-hybridized carbons (Fsp3) is 0.857. The molecular formula is C7H17N3S2. The molecule has 0 fully saturated rings. The van der Waals surface area contributed by atoms with Crippen molar-refractivity contribution in [2.75, 3.05) is 18.6 Å². The normalized spacial score (nSPS) is 9.50. The van der Waals surface area contributed by atoms with Gasteiger partial charge in [0.25, 0.3) is 0 Å². The van der Waals surface area contributed by atoms with Crippen LogP contribution in [-0.4, -0.2) is 23.7 Å². The van der Waals surface area contributed by atoms with Gasteiger partial charge in [-0.3, -0.25) is 0 Å². The molecule has 4 N–H and O–H groups in total. The molecule has 0 unspecified atom stereocenters. The maximum absolute atomic E-state index is 5.08. The molecule has 0 atom stereocenters. The Morgan fingerprint density at radius 2 is 2.17 bits per heavy atom. The summed E-state index contributed by atoms with van der Waals surface area (Å²) in [4.78, 5) is 0. The van der Waals surface area contributed by atoms with E-state index in [1.54, 1.807) is 0 Å². The molecule has 0 heterocycles. The standard InChI is InChI=1S/C7H17N3S2/c1-12-6-4-2-3-5-9-7(11)10-8/h2-6,8H2,1H3,(H2,9,10,11). The topological polar surface area (TPSA) is 50.1 Å². The Bertz CT molecular complexity index is 119. The molecule has 0 amide bonds. The summed E-state index contributed by atoms with van der Waals surface area (Å²) in [5.41, 5.74) is 2.38. The Morgan fingerprint density at radius 3 is 2.75 bits per heavy atom. The van der Waals surface area contributed by atoms with Crippen LogP contribution in [0.1, 0.15) is 19.3 Å². The first-order valence-electron chi connectivity index (χ1n) is 4.04. The molecule has 0 aliphatic heterocycles. The quantitative estimate of drug-likeness (QED) is 0.261. The van der Waals surface area contributed by atoms with Crippen molar-refractivity contribution in [2.24, 2.45) is 5.84 Å². The van der Waals surface area contributed by atoms with Gasteiger partial charge in [-0.2, -0.15) is 11.8 Å². The van der Waals surface area contributed by atoms with Crippen LogP contribution in [0.15, 0.2) is 0 Å². The van der Waals surface area contributed by atoms with Crippen molar-refractivity contribution in [1.82, 2.24) is 10.7 Å². The Labute approximate surface area is 83.8 Å². The van der Waals surface area contributed by atoms with Crippen molar-refractivity contribution in [1.29, 1.82) is 0 Å². The van der Waals surface area contributed by atoms with E-state index in [9.17, 15) is 0 Å². The fourth-order valence-corrected chi connectivity index (χ4v) is 1.40. The molecular weight excluding hydrogens is 190 g/mol. The van der Waals surface area contributed by atoms with E-state index >= 15 is 0 Å². The number of hydrazine groups is 1. The minimum atomic E-state index is 0.528. The Hall–Kier alpha value is -0.0000000000000000486. The summed E-state index contributed by atoms with van der Waals surface area (Å²) >= 11 is 6.70.